The van der Waals surface area contributed by atoms with E-state index in [1.54, 1.807) is 16.4 Å². The van der Waals surface area contributed by atoms with E-state index in [9.17, 15) is 13.5 Å². The lowest BCUT2D eigenvalue weighted by Crippen LogP contribution is -2.46. The van der Waals surface area contributed by atoms with E-state index >= 15 is 0 Å². The van der Waals surface area contributed by atoms with Gasteiger partial charge in [0, 0.05) is 25.7 Å². The van der Waals surface area contributed by atoms with E-state index in [-0.39, 0.29) is 12.1 Å². The van der Waals surface area contributed by atoms with Crippen LogP contribution in [0.2, 0.25) is 0 Å². The zero-order valence-electron chi connectivity index (χ0n) is 14.0. The summed E-state index contributed by atoms with van der Waals surface area (Å²) < 4.78 is 26.8. The molecule has 0 amide bonds. The first kappa shape index (κ1) is 18.4. The highest BCUT2D eigenvalue weighted by Crippen LogP contribution is 2.21. The molecule has 1 aliphatic heterocycles. The third-order valence-electron chi connectivity index (χ3n) is 4.38. The van der Waals surface area contributed by atoms with Crippen LogP contribution in [0, 0.1) is 6.92 Å². The number of aliphatic hydroxyl groups excluding tert-OH is 1. The summed E-state index contributed by atoms with van der Waals surface area (Å²) in [6.45, 7) is 5.64. The van der Waals surface area contributed by atoms with Crippen LogP contribution >= 0.6 is 0 Å². The summed E-state index contributed by atoms with van der Waals surface area (Å²) in [6, 6.07) is 7.30. The summed E-state index contributed by atoms with van der Waals surface area (Å²) in [7, 11) is -3.39. The number of aliphatic hydroxyl groups is 1. The molecule has 1 saturated heterocycles. The van der Waals surface area contributed by atoms with E-state index in [4.69, 9.17) is 0 Å². The van der Waals surface area contributed by atoms with Crippen LogP contribution in [0.15, 0.2) is 29.2 Å². The van der Waals surface area contributed by atoms with Gasteiger partial charge >= 0.3 is 0 Å². The van der Waals surface area contributed by atoms with Crippen molar-refractivity contribution in [2.75, 3.05) is 19.6 Å². The lowest BCUT2D eigenvalue weighted by Gasteiger charge is -2.32. The van der Waals surface area contributed by atoms with Gasteiger partial charge in [-0.1, -0.05) is 31.0 Å². The fourth-order valence-corrected chi connectivity index (χ4v) is 4.37. The molecule has 0 aliphatic carbocycles. The van der Waals surface area contributed by atoms with E-state index in [1.165, 1.54) is 0 Å². The highest BCUT2D eigenvalue weighted by atomic mass is 32.2. The van der Waals surface area contributed by atoms with Crippen molar-refractivity contribution in [1.29, 1.82) is 0 Å². The molecule has 0 spiro atoms. The molecule has 5 nitrogen and oxygen atoms in total. The third-order valence-corrected chi connectivity index (χ3v) is 6.29. The van der Waals surface area contributed by atoms with Crippen molar-refractivity contribution in [3.8, 4) is 0 Å². The van der Waals surface area contributed by atoms with Crippen molar-refractivity contribution in [3.63, 3.8) is 0 Å². The second kappa shape index (κ2) is 8.24. The van der Waals surface area contributed by atoms with Crippen LogP contribution in [0.1, 0.15) is 38.2 Å². The van der Waals surface area contributed by atoms with Crippen molar-refractivity contribution in [2.24, 2.45) is 0 Å². The minimum Gasteiger partial charge on any atom is -0.392 e. The highest BCUT2D eigenvalue weighted by Gasteiger charge is 2.29. The van der Waals surface area contributed by atoms with Crippen LogP contribution < -0.4 is 5.32 Å². The first-order valence-corrected chi connectivity index (χ1v) is 9.85. The Morgan fingerprint density at radius 2 is 1.87 bits per heavy atom. The third kappa shape index (κ3) is 5.01. The Labute approximate surface area is 139 Å². The Bertz CT molecular complexity index is 578. The molecule has 1 fully saturated rings. The standard InChI is InChI=1S/C17H28N2O3S/c1-3-4-16(20)13-18-15-9-11-19(12-10-15)23(21,22)17-7-5-14(2)6-8-17/h5-8,15-16,18,20H,3-4,9-13H2,1-2H3. The maximum atomic E-state index is 12.6. The Morgan fingerprint density at radius 1 is 1.26 bits per heavy atom. The summed E-state index contributed by atoms with van der Waals surface area (Å²) >= 11 is 0. The van der Waals surface area contributed by atoms with Crippen LogP contribution in [0.5, 0.6) is 0 Å². The van der Waals surface area contributed by atoms with Gasteiger partial charge in [0.2, 0.25) is 10.0 Å². The quantitative estimate of drug-likeness (QED) is 0.795. The topological polar surface area (TPSA) is 69.6 Å². The Kier molecular flexibility index (Phi) is 6.59. The zero-order chi connectivity index (χ0) is 16.9. The van der Waals surface area contributed by atoms with Gasteiger partial charge in [0.05, 0.1) is 11.0 Å². The van der Waals surface area contributed by atoms with E-state index in [0.29, 0.717) is 24.5 Å². The van der Waals surface area contributed by atoms with Crippen LogP contribution in [0.25, 0.3) is 0 Å². The average molecular weight is 340 g/mol. The lowest BCUT2D eigenvalue weighted by atomic mass is 10.1. The van der Waals surface area contributed by atoms with Gasteiger partial charge in [0.25, 0.3) is 0 Å². The van der Waals surface area contributed by atoms with E-state index in [0.717, 1.165) is 31.2 Å². The minimum absolute atomic E-state index is 0.283. The number of hydrogen-bond donors (Lipinski definition) is 2. The molecular weight excluding hydrogens is 312 g/mol. The molecular formula is C17H28N2O3S. The van der Waals surface area contributed by atoms with Gasteiger partial charge in [-0.15, -0.1) is 0 Å². The Balaban J connectivity index is 1.87. The molecule has 1 aromatic carbocycles. The monoisotopic (exact) mass is 340 g/mol. The number of nitrogens with zero attached hydrogens (tertiary/aromatic N) is 1. The molecule has 1 aromatic rings. The molecule has 1 atom stereocenters. The summed E-state index contributed by atoms with van der Waals surface area (Å²) in [5.41, 5.74) is 1.05. The van der Waals surface area contributed by atoms with Gasteiger partial charge in [0.15, 0.2) is 0 Å². The number of piperidine rings is 1. The number of aryl methyl sites for hydroxylation is 1. The van der Waals surface area contributed by atoms with E-state index < -0.39 is 10.0 Å². The van der Waals surface area contributed by atoms with Crippen LogP contribution in [0.4, 0.5) is 0 Å². The second-order valence-corrected chi connectivity index (χ2v) is 8.28. The van der Waals surface area contributed by atoms with Crippen molar-refractivity contribution in [1.82, 2.24) is 9.62 Å². The highest BCUT2D eigenvalue weighted by molar-refractivity contribution is 7.89. The van der Waals surface area contributed by atoms with Gasteiger partial charge < -0.3 is 10.4 Å². The van der Waals surface area contributed by atoms with Crippen LogP contribution in [0.3, 0.4) is 0 Å². The molecule has 6 heteroatoms. The fourth-order valence-electron chi connectivity index (χ4n) is 2.90. The normalized spacial score (nSPS) is 18.9. The largest absolute Gasteiger partial charge is 0.392 e. The SMILES string of the molecule is CCCC(O)CNC1CCN(S(=O)(=O)c2ccc(C)cc2)CC1. The predicted octanol–water partition coefficient (Wildman–Crippen LogP) is 1.90. The van der Waals surface area contributed by atoms with Crippen molar-refractivity contribution >= 4 is 10.0 Å². The van der Waals surface area contributed by atoms with Gasteiger partial charge in [-0.05, 0) is 38.3 Å². The van der Waals surface area contributed by atoms with Crippen LogP contribution in [-0.2, 0) is 10.0 Å². The minimum atomic E-state index is -3.39. The molecule has 0 saturated carbocycles. The summed E-state index contributed by atoms with van der Waals surface area (Å²) in [6.07, 6.45) is 3.02. The molecule has 1 unspecified atom stereocenters. The number of rotatable bonds is 7. The lowest BCUT2D eigenvalue weighted by molar-refractivity contribution is 0.150. The van der Waals surface area contributed by atoms with Crippen molar-refractivity contribution in [2.45, 2.75) is 56.6 Å². The smallest absolute Gasteiger partial charge is 0.243 e. The summed E-state index contributed by atoms with van der Waals surface area (Å²) in [5, 5.41) is 13.1. The van der Waals surface area contributed by atoms with Gasteiger partial charge in [-0.3, -0.25) is 0 Å². The molecule has 1 aliphatic rings. The summed E-state index contributed by atoms with van der Waals surface area (Å²) in [4.78, 5) is 0.368. The predicted molar refractivity (Wildman–Crippen MR) is 91.9 cm³/mol. The van der Waals surface area contributed by atoms with Crippen LogP contribution in [-0.4, -0.2) is 49.6 Å². The maximum absolute atomic E-state index is 12.6. The zero-order valence-corrected chi connectivity index (χ0v) is 14.8. The molecule has 1 heterocycles. The molecule has 0 bridgehead atoms. The molecule has 2 rings (SSSR count). The second-order valence-electron chi connectivity index (χ2n) is 6.34. The number of hydrogen-bond acceptors (Lipinski definition) is 4. The number of sulfonamides is 1. The van der Waals surface area contributed by atoms with Gasteiger partial charge in [-0.2, -0.15) is 4.31 Å². The van der Waals surface area contributed by atoms with Crippen molar-refractivity contribution < 1.29 is 13.5 Å². The molecule has 130 valence electrons. The molecule has 0 aromatic heterocycles. The maximum Gasteiger partial charge on any atom is 0.243 e. The van der Waals surface area contributed by atoms with Gasteiger partial charge in [-0.25, -0.2) is 8.42 Å². The number of nitrogens with one attached hydrogen (secondary N) is 1. The average Bonchev–Trinajstić information content (AvgIpc) is 2.54. The molecule has 23 heavy (non-hydrogen) atoms. The molecule has 2 N–H and O–H groups in total. The van der Waals surface area contributed by atoms with Crippen molar-refractivity contribution in [3.05, 3.63) is 29.8 Å². The fraction of sp³-hybridized carbons (Fsp3) is 0.647. The first-order chi connectivity index (χ1) is 10.9. The molecule has 0 radical (unpaired) electrons. The Morgan fingerprint density at radius 3 is 2.43 bits per heavy atom. The first-order valence-electron chi connectivity index (χ1n) is 8.41. The van der Waals surface area contributed by atoms with E-state index in [1.807, 2.05) is 19.1 Å². The Hall–Kier alpha value is -0.950. The van der Waals surface area contributed by atoms with E-state index in [2.05, 4.69) is 12.2 Å². The summed E-state index contributed by atoms with van der Waals surface area (Å²) in [5.74, 6) is 0. The number of benzene rings is 1. The van der Waals surface area contributed by atoms with Gasteiger partial charge in [0.1, 0.15) is 0 Å².